The fourth-order valence-corrected chi connectivity index (χ4v) is 6.36. The number of hydrogen-bond donors (Lipinski definition) is 2. The van der Waals surface area contributed by atoms with E-state index in [1.807, 2.05) is 44.2 Å². The minimum atomic E-state index is -0.627. The van der Waals surface area contributed by atoms with Crippen molar-refractivity contribution in [2.75, 3.05) is 11.9 Å². The lowest BCUT2D eigenvalue weighted by Crippen LogP contribution is -2.47. The van der Waals surface area contributed by atoms with E-state index in [1.165, 1.54) is 0 Å². The minimum absolute atomic E-state index is 0.0194. The monoisotopic (exact) mass is 658 g/mol. The van der Waals surface area contributed by atoms with E-state index in [2.05, 4.69) is 60.5 Å². The summed E-state index contributed by atoms with van der Waals surface area (Å²) in [5.41, 5.74) is 3.29. The fourth-order valence-electron chi connectivity index (χ4n) is 6.05. The minimum Gasteiger partial charge on any atom is -0.351 e. The van der Waals surface area contributed by atoms with Crippen LogP contribution < -0.4 is 10.6 Å². The van der Waals surface area contributed by atoms with Crippen molar-refractivity contribution in [2.24, 2.45) is 5.41 Å². The molecular formula is C32H35BrN8O3. The van der Waals surface area contributed by atoms with Gasteiger partial charge in [-0.05, 0) is 83.8 Å². The summed E-state index contributed by atoms with van der Waals surface area (Å²) in [5.74, 6) is 0.368. The number of amides is 3. The Morgan fingerprint density at radius 2 is 1.84 bits per heavy atom. The maximum atomic E-state index is 14.0. The highest BCUT2D eigenvalue weighted by Crippen LogP contribution is 2.59. The average Bonchev–Trinajstić information content (AvgIpc) is 3.37. The molecule has 12 heteroatoms. The van der Waals surface area contributed by atoms with Gasteiger partial charge in [0.25, 0.3) is 5.91 Å². The van der Waals surface area contributed by atoms with Gasteiger partial charge in [0.1, 0.15) is 28.8 Å². The molecule has 1 aliphatic heterocycles. The number of pyridine rings is 1. The van der Waals surface area contributed by atoms with Crippen molar-refractivity contribution in [3.8, 4) is 11.1 Å². The van der Waals surface area contributed by atoms with Crippen LogP contribution in [0.1, 0.15) is 61.4 Å². The van der Waals surface area contributed by atoms with Gasteiger partial charge in [0.05, 0.1) is 5.52 Å². The molecule has 3 aromatic heterocycles. The van der Waals surface area contributed by atoms with Gasteiger partial charge < -0.3 is 15.5 Å². The van der Waals surface area contributed by atoms with Crippen LogP contribution in [0.2, 0.25) is 0 Å². The Morgan fingerprint density at radius 3 is 2.59 bits per heavy atom. The molecule has 11 nitrogen and oxygen atoms in total. The third kappa shape index (κ3) is 5.70. The van der Waals surface area contributed by atoms with Crippen LogP contribution in [0.3, 0.4) is 0 Å². The number of nitrogens with zero attached hydrogens (tertiary/aromatic N) is 6. The molecule has 228 valence electrons. The van der Waals surface area contributed by atoms with E-state index >= 15 is 0 Å². The Hall–Kier alpha value is -4.19. The fraction of sp³-hybridized carbons (Fsp3) is 0.406. The lowest BCUT2D eigenvalue weighted by molar-refractivity contribution is -0.138. The second-order valence-electron chi connectivity index (χ2n) is 12.1. The summed E-state index contributed by atoms with van der Waals surface area (Å²) in [6.45, 7) is 8.31. The van der Waals surface area contributed by atoms with Gasteiger partial charge in [-0.1, -0.05) is 32.4 Å². The number of unbranched alkanes of at least 4 members (excludes halogenated alkanes) is 1. The number of likely N-dealkylation sites (tertiary alicyclic amines) is 1. The number of piperidine rings is 1. The van der Waals surface area contributed by atoms with Gasteiger partial charge >= 0.3 is 0 Å². The second kappa shape index (κ2) is 11.7. The number of nitrogens with one attached hydrogen (secondary N) is 2. The average molecular weight is 660 g/mol. The van der Waals surface area contributed by atoms with E-state index in [1.54, 1.807) is 22.0 Å². The third-order valence-electron chi connectivity index (χ3n) is 8.71. The number of carbonyl (C=O) groups is 3. The van der Waals surface area contributed by atoms with Crippen molar-refractivity contribution in [3.63, 3.8) is 0 Å². The largest absolute Gasteiger partial charge is 0.351 e. The number of fused-ring (bicyclic) bond motifs is 2. The summed E-state index contributed by atoms with van der Waals surface area (Å²) in [4.78, 5) is 55.5. The Balaban J connectivity index is 1.30. The maximum Gasteiger partial charge on any atom is 0.272 e. The lowest BCUT2D eigenvalue weighted by atomic mass is 10.0. The maximum absolute atomic E-state index is 14.0. The molecule has 1 saturated heterocycles. The molecule has 0 spiro atoms. The van der Waals surface area contributed by atoms with Crippen molar-refractivity contribution in [3.05, 3.63) is 64.4 Å². The molecular weight excluding hydrogens is 624 g/mol. The summed E-state index contributed by atoms with van der Waals surface area (Å²) in [5, 5.41) is 11.2. The molecule has 6 rings (SSSR count). The molecule has 4 aromatic rings. The molecule has 0 unspecified atom stereocenters. The Labute approximate surface area is 264 Å². The molecule has 2 aliphatic rings. The lowest BCUT2D eigenvalue weighted by Gasteiger charge is -2.27. The molecule has 44 heavy (non-hydrogen) atoms. The van der Waals surface area contributed by atoms with E-state index in [0.29, 0.717) is 40.1 Å². The highest BCUT2D eigenvalue weighted by atomic mass is 79.9. The van der Waals surface area contributed by atoms with Crippen molar-refractivity contribution in [2.45, 2.75) is 72.0 Å². The van der Waals surface area contributed by atoms with Crippen molar-refractivity contribution in [1.29, 1.82) is 0 Å². The standard InChI is InChI=1S/C32H35BrN8O3/c1-5-6-11-34-31(44)28-22-12-20(21-15-35-19(3)36-16-21)8-9-23(22)40(39-28)17-27(42)41-24(13-32(4)14-25(32)41)30(43)38-29-18(2)7-10-26(33)37-29/h7-10,12,15-16,24-25H,5-6,11,13-14,17H2,1-4H3,(H,34,44)(H,37,38,43)/t24-,25+,32-/m0/s1. The number of carbonyl (C=O) groups excluding carboxylic acids is 3. The number of aromatic nitrogens is 5. The van der Waals surface area contributed by atoms with E-state index in [4.69, 9.17) is 0 Å². The van der Waals surface area contributed by atoms with Gasteiger partial charge in [-0.15, -0.1) is 0 Å². The van der Waals surface area contributed by atoms with Crippen molar-refractivity contribution in [1.82, 2.24) is 34.9 Å². The molecule has 0 radical (unpaired) electrons. The van der Waals surface area contributed by atoms with Crippen LogP contribution in [0.15, 0.2) is 47.3 Å². The second-order valence-corrected chi connectivity index (χ2v) is 12.9. The first kappa shape index (κ1) is 29.9. The highest BCUT2D eigenvalue weighted by Gasteiger charge is 2.64. The number of halogens is 1. The van der Waals surface area contributed by atoms with Crippen LogP contribution in [0.25, 0.3) is 22.0 Å². The van der Waals surface area contributed by atoms with Crippen LogP contribution in [0.5, 0.6) is 0 Å². The third-order valence-corrected chi connectivity index (χ3v) is 9.15. The van der Waals surface area contributed by atoms with Crippen LogP contribution in [-0.2, 0) is 16.1 Å². The number of aryl methyl sites for hydroxylation is 2. The van der Waals surface area contributed by atoms with Crippen LogP contribution >= 0.6 is 15.9 Å². The molecule has 3 atom stereocenters. The zero-order chi connectivity index (χ0) is 31.2. The van der Waals surface area contributed by atoms with Crippen LogP contribution in [0, 0.1) is 19.3 Å². The van der Waals surface area contributed by atoms with Gasteiger partial charge in [0, 0.05) is 35.9 Å². The predicted molar refractivity (Wildman–Crippen MR) is 170 cm³/mol. The van der Waals surface area contributed by atoms with Gasteiger partial charge in [-0.3, -0.25) is 19.1 Å². The van der Waals surface area contributed by atoms with E-state index in [9.17, 15) is 14.4 Å². The Bertz CT molecular complexity index is 1770. The quantitative estimate of drug-likeness (QED) is 0.195. The van der Waals surface area contributed by atoms with E-state index in [-0.39, 0.29) is 41.4 Å². The number of anilines is 1. The van der Waals surface area contributed by atoms with E-state index in [0.717, 1.165) is 36.0 Å². The predicted octanol–water partition coefficient (Wildman–Crippen LogP) is 4.82. The molecule has 4 heterocycles. The molecule has 2 N–H and O–H groups in total. The summed E-state index contributed by atoms with van der Waals surface area (Å²) in [7, 11) is 0. The van der Waals surface area contributed by atoms with Crippen molar-refractivity contribution < 1.29 is 14.4 Å². The summed E-state index contributed by atoms with van der Waals surface area (Å²) in [6.07, 6.45) is 6.72. The summed E-state index contributed by atoms with van der Waals surface area (Å²) >= 11 is 3.37. The normalized spacial score (nSPS) is 20.4. The first-order chi connectivity index (χ1) is 21.1. The highest BCUT2D eigenvalue weighted by molar-refractivity contribution is 9.10. The van der Waals surface area contributed by atoms with Gasteiger partial charge in [-0.2, -0.15) is 5.10 Å². The molecule has 0 bridgehead atoms. The summed E-state index contributed by atoms with van der Waals surface area (Å²) in [6, 6.07) is 8.71. The van der Waals surface area contributed by atoms with Crippen molar-refractivity contribution >= 4 is 50.4 Å². The SMILES string of the molecule is CCCCNC(=O)c1nn(CC(=O)N2[C@H](C(=O)Nc3nc(Br)ccc3C)C[C@@]3(C)C[C@@H]23)c2ccc(-c3cnc(C)nc3)cc12. The topological polar surface area (TPSA) is 135 Å². The van der Waals surface area contributed by atoms with Crippen LogP contribution in [-0.4, -0.2) is 66.0 Å². The first-order valence-corrected chi connectivity index (χ1v) is 15.7. The molecule has 1 aromatic carbocycles. The molecule has 2 fully saturated rings. The van der Waals surface area contributed by atoms with Gasteiger partial charge in [-0.25, -0.2) is 15.0 Å². The Kier molecular flexibility index (Phi) is 7.95. The molecule has 1 saturated carbocycles. The number of benzene rings is 1. The van der Waals surface area contributed by atoms with Gasteiger partial charge in [0.15, 0.2) is 5.69 Å². The zero-order valence-corrected chi connectivity index (χ0v) is 26.8. The zero-order valence-electron chi connectivity index (χ0n) is 25.2. The number of hydrogen-bond acceptors (Lipinski definition) is 7. The van der Waals surface area contributed by atoms with Gasteiger partial charge in [0.2, 0.25) is 11.8 Å². The molecule has 1 aliphatic carbocycles. The van der Waals surface area contributed by atoms with E-state index < -0.39 is 6.04 Å². The first-order valence-electron chi connectivity index (χ1n) is 14.9. The van der Waals surface area contributed by atoms with Crippen LogP contribution in [0.4, 0.5) is 5.82 Å². The summed E-state index contributed by atoms with van der Waals surface area (Å²) < 4.78 is 2.19. The number of rotatable bonds is 9. The smallest absolute Gasteiger partial charge is 0.272 e. The Morgan fingerprint density at radius 1 is 1.07 bits per heavy atom. The molecule has 3 amide bonds.